The summed E-state index contributed by atoms with van der Waals surface area (Å²) < 4.78 is 5.38. The standard InChI is InChI=1S/C15H22N2O/c1-12(14-8-16-9-14)10-17(2)11-13-6-4-5-7-15(13)18-3/h4-7,16H,8-11H2,1-3H3. The van der Waals surface area contributed by atoms with E-state index in [1.807, 2.05) is 12.1 Å². The molecule has 1 aromatic carbocycles. The maximum atomic E-state index is 5.38. The first-order chi connectivity index (χ1) is 8.70. The van der Waals surface area contributed by atoms with Gasteiger partial charge < -0.3 is 10.1 Å². The van der Waals surface area contributed by atoms with Gasteiger partial charge in [0.1, 0.15) is 5.75 Å². The Labute approximate surface area is 109 Å². The molecule has 1 aliphatic rings. The Balaban J connectivity index is 1.96. The molecule has 1 saturated heterocycles. The van der Waals surface area contributed by atoms with E-state index in [0.29, 0.717) is 0 Å². The van der Waals surface area contributed by atoms with Gasteiger partial charge in [-0.25, -0.2) is 0 Å². The molecular weight excluding hydrogens is 224 g/mol. The van der Waals surface area contributed by atoms with Crippen molar-refractivity contribution in [3.8, 4) is 5.75 Å². The second-order valence-corrected chi connectivity index (χ2v) is 4.97. The van der Waals surface area contributed by atoms with Gasteiger partial charge >= 0.3 is 0 Å². The lowest BCUT2D eigenvalue weighted by molar-refractivity contribution is 0.338. The van der Waals surface area contributed by atoms with Crippen molar-refractivity contribution in [2.45, 2.75) is 13.5 Å². The number of hydrogen-bond acceptors (Lipinski definition) is 3. The number of methoxy groups -OCH3 is 1. The molecule has 98 valence electrons. The molecule has 0 amide bonds. The number of rotatable bonds is 5. The normalized spacial score (nSPS) is 14.6. The van der Waals surface area contributed by atoms with Crippen molar-refractivity contribution in [3.63, 3.8) is 0 Å². The third kappa shape index (κ3) is 3.12. The Morgan fingerprint density at radius 3 is 2.67 bits per heavy atom. The lowest BCUT2D eigenvalue weighted by Gasteiger charge is -2.25. The zero-order valence-corrected chi connectivity index (χ0v) is 11.5. The van der Waals surface area contributed by atoms with Crippen LogP contribution in [0.1, 0.15) is 12.5 Å². The minimum absolute atomic E-state index is 0.919. The van der Waals surface area contributed by atoms with Crippen LogP contribution < -0.4 is 10.1 Å². The third-order valence-electron chi connectivity index (χ3n) is 3.42. The van der Waals surface area contributed by atoms with Gasteiger partial charge in [0.2, 0.25) is 0 Å². The smallest absolute Gasteiger partial charge is 0.123 e. The summed E-state index contributed by atoms with van der Waals surface area (Å²) in [6, 6.07) is 8.22. The summed E-state index contributed by atoms with van der Waals surface area (Å²) in [6.07, 6.45) is 0. The van der Waals surface area contributed by atoms with Crippen molar-refractivity contribution in [1.29, 1.82) is 0 Å². The highest BCUT2D eigenvalue weighted by molar-refractivity contribution is 5.33. The van der Waals surface area contributed by atoms with Gasteiger partial charge in [0.25, 0.3) is 0 Å². The van der Waals surface area contributed by atoms with E-state index in [9.17, 15) is 0 Å². The highest BCUT2D eigenvalue weighted by Gasteiger charge is 2.12. The average molecular weight is 246 g/mol. The van der Waals surface area contributed by atoms with Crippen LogP contribution in [0.2, 0.25) is 0 Å². The van der Waals surface area contributed by atoms with Crippen molar-refractivity contribution in [3.05, 3.63) is 41.0 Å². The number of nitrogens with zero attached hydrogens (tertiary/aromatic N) is 1. The van der Waals surface area contributed by atoms with Gasteiger partial charge in [0, 0.05) is 31.7 Å². The van der Waals surface area contributed by atoms with Crippen LogP contribution in [0.4, 0.5) is 0 Å². The molecule has 0 spiro atoms. The Morgan fingerprint density at radius 2 is 2.06 bits per heavy atom. The van der Waals surface area contributed by atoms with Crippen LogP contribution in [0.25, 0.3) is 0 Å². The molecule has 3 nitrogen and oxygen atoms in total. The molecule has 0 saturated carbocycles. The zero-order valence-electron chi connectivity index (χ0n) is 11.5. The van der Waals surface area contributed by atoms with E-state index in [2.05, 4.69) is 36.3 Å². The van der Waals surface area contributed by atoms with Gasteiger partial charge in [-0.3, -0.25) is 4.90 Å². The number of hydrogen-bond donors (Lipinski definition) is 1. The molecular formula is C15H22N2O. The monoisotopic (exact) mass is 246 g/mol. The van der Waals surface area contributed by atoms with Crippen LogP contribution in [-0.2, 0) is 6.54 Å². The summed E-state index contributed by atoms with van der Waals surface area (Å²) in [7, 11) is 3.88. The topological polar surface area (TPSA) is 24.5 Å². The minimum Gasteiger partial charge on any atom is -0.496 e. The molecule has 2 rings (SSSR count). The second kappa shape index (κ2) is 6.03. The van der Waals surface area contributed by atoms with Crippen molar-refractivity contribution in [2.24, 2.45) is 0 Å². The molecule has 0 bridgehead atoms. The van der Waals surface area contributed by atoms with Gasteiger partial charge in [0.15, 0.2) is 0 Å². The van der Waals surface area contributed by atoms with Crippen LogP contribution >= 0.6 is 0 Å². The summed E-state index contributed by atoms with van der Waals surface area (Å²) in [5.74, 6) is 0.972. The Morgan fingerprint density at radius 1 is 1.33 bits per heavy atom. The Hall–Kier alpha value is -1.32. The number of benzene rings is 1. The van der Waals surface area contributed by atoms with Crippen LogP contribution in [0, 0.1) is 0 Å². The fraction of sp³-hybridized carbons (Fsp3) is 0.467. The van der Waals surface area contributed by atoms with Crippen LogP contribution in [0.15, 0.2) is 35.4 Å². The van der Waals surface area contributed by atoms with Crippen molar-refractivity contribution in [1.82, 2.24) is 10.2 Å². The largest absolute Gasteiger partial charge is 0.496 e. The summed E-state index contributed by atoms with van der Waals surface area (Å²) in [5.41, 5.74) is 4.29. The SMILES string of the molecule is COc1ccccc1CN(C)CC(C)=C1CNC1. The van der Waals surface area contributed by atoms with Crippen molar-refractivity contribution >= 4 is 0 Å². The van der Waals surface area contributed by atoms with Crippen LogP contribution in [0.3, 0.4) is 0 Å². The molecule has 1 N–H and O–H groups in total. The molecule has 0 aromatic heterocycles. The maximum Gasteiger partial charge on any atom is 0.123 e. The van der Waals surface area contributed by atoms with Crippen molar-refractivity contribution in [2.75, 3.05) is 33.8 Å². The molecule has 0 aliphatic carbocycles. The number of nitrogens with one attached hydrogen (secondary N) is 1. The molecule has 3 heteroatoms. The zero-order chi connectivity index (χ0) is 13.0. The molecule has 0 unspecified atom stereocenters. The fourth-order valence-corrected chi connectivity index (χ4v) is 2.25. The van der Waals surface area contributed by atoms with E-state index < -0.39 is 0 Å². The molecule has 1 fully saturated rings. The first-order valence-electron chi connectivity index (χ1n) is 6.39. The molecule has 1 heterocycles. The van der Waals surface area contributed by atoms with Crippen molar-refractivity contribution < 1.29 is 4.74 Å². The first-order valence-corrected chi connectivity index (χ1v) is 6.39. The molecule has 0 atom stereocenters. The number of likely N-dealkylation sites (N-methyl/N-ethyl adjacent to an activating group) is 1. The van der Waals surface area contributed by atoms with Gasteiger partial charge in [-0.15, -0.1) is 0 Å². The maximum absolute atomic E-state index is 5.38. The van der Waals surface area contributed by atoms with Crippen LogP contribution in [0.5, 0.6) is 5.75 Å². The highest BCUT2D eigenvalue weighted by Crippen LogP contribution is 2.19. The minimum atomic E-state index is 0.919. The Kier molecular flexibility index (Phi) is 4.39. The predicted molar refractivity (Wildman–Crippen MR) is 74.9 cm³/mol. The van der Waals surface area contributed by atoms with Gasteiger partial charge in [-0.1, -0.05) is 23.8 Å². The highest BCUT2D eigenvalue weighted by atomic mass is 16.5. The van der Waals surface area contributed by atoms with Gasteiger partial charge in [-0.2, -0.15) is 0 Å². The molecule has 0 radical (unpaired) electrons. The summed E-state index contributed by atoms with van der Waals surface area (Å²) >= 11 is 0. The third-order valence-corrected chi connectivity index (χ3v) is 3.42. The Bertz CT molecular complexity index is 434. The lowest BCUT2D eigenvalue weighted by atomic mass is 10.0. The summed E-state index contributed by atoms with van der Waals surface area (Å²) in [5, 5.41) is 3.29. The van der Waals surface area contributed by atoms with E-state index in [1.54, 1.807) is 12.7 Å². The number of ether oxygens (including phenoxy) is 1. The molecule has 18 heavy (non-hydrogen) atoms. The van der Waals surface area contributed by atoms with E-state index >= 15 is 0 Å². The summed E-state index contributed by atoms with van der Waals surface area (Å²) in [6.45, 7) is 6.30. The average Bonchev–Trinajstić information content (AvgIpc) is 2.27. The molecule has 1 aliphatic heterocycles. The van der Waals surface area contributed by atoms with E-state index in [1.165, 1.54) is 11.1 Å². The number of para-hydroxylation sites is 1. The van der Waals surface area contributed by atoms with Crippen LogP contribution in [-0.4, -0.2) is 38.7 Å². The molecule has 1 aromatic rings. The van der Waals surface area contributed by atoms with E-state index in [0.717, 1.165) is 31.9 Å². The summed E-state index contributed by atoms with van der Waals surface area (Å²) in [4.78, 5) is 2.33. The van der Waals surface area contributed by atoms with Gasteiger partial charge in [0.05, 0.1) is 7.11 Å². The van der Waals surface area contributed by atoms with Gasteiger partial charge in [-0.05, 0) is 25.6 Å². The second-order valence-electron chi connectivity index (χ2n) is 4.97. The predicted octanol–water partition coefficient (Wildman–Crippen LogP) is 2.05. The lowest BCUT2D eigenvalue weighted by Crippen LogP contribution is -2.36. The van der Waals surface area contributed by atoms with E-state index in [4.69, 9.17) is 4.74 Å². The quantitative estimate of drug-likeness (QED) is 0.805. The fourth-order valence-electron chi connectivity index (χ4n) is 2.25. The van der Waals surface area contributed by atoms with E-state index in [-0.39, 0.29) is 0 Å². The first kappa shape index (κ1) is 13.1.